The lowest BCUT2D eigenvalue weighted by Gasteiger charge is -2.21. The predicted octanol–water partition coefficient (Wildman–Crippen LogP) is 2.36. The van der Waals surface area contributed by atoms with Crippen molar-refractivity contribution in [1.29, 1.82) is 0 Å². The lowest BCUT2D eigenvalue weighted by Crippen LogP contribution is -2.31. The van der Waals surface area contributed by atoms with Crippen molar-refractivity contribution in [2.24, 2.45) is 5.84 Å². The summed E-state index contributed by atoms with van der Waals surface area (Å²) in [4.78, 5) is 7.84. The fourth-order valence-corrected chi connectivity index (χ4v) is 2.04. The number of hydrogen-bond donors (Lipinski definition) is 2. The zero-order valence-electron chi connectivity index (χ0n) is 10.6. The van der Waals surface area contributed by atoms with Crippen molar-refractivity contribution >= 4 is 0 Å². The Morgan fingerprint density at radius 2 is 1.95 bits per heavy atom. The largest absolute Gasteiger partial charge is 0.416 e. The lowest BCUT2D eigenvalue weighted by atomic mass is 9.95. The second-order valence-corrected chi connectivity index (χ2v) is 4.24. The van der Waals surface area contributed by atoms with Crippen LogP contribution in [0.2, 0.25) is 0 Å². The minimum atomic E-state index is -4.47. The molecule has 0 bridgehead atoms. The van der Waals surface area contributed by atoms with Gasteiger partial charge in [0.1, 0.15) is 0 Å². The topological polar surface area (TPSA) is 63.8 Å². The van der Waals surface area contributed by atoms with Crippen molar-refractivity contribution in [2.75, 3.05) is 0 Å². The van der Waals surface area contributed by atoms with E-state index in [1.165, 1.54) is 6.20 Å². The van der Waals surface area contributed by atoms with Gasteiger partial charge in [-0.05, 0) is 24.6 Å². The first kappa shape index (κ1) is 14.4. The number of alkyl halides is 3. The van der Waals surface area contributed by atoms with Gasteiger partial charge in [-0.1, -0.05) is 6.07 Å². The van der Waals surface area contributed by atoms with Crippen LogP contribution in [0.25, 0.3) is 0 Å². The summed E-state index contributed by atoms with van der Waals surface area (Å²) in [6, 6.07) is 3.44. The van der Waals surface area contributed by atoms with E-state index in [9.17, 15) is 13.2 Å². The SMILES string of the molecule is Cc1ncccc1C(NN)c1cnccc1C(F)(F)F. The lowest BCUT2D eigenvalue weighted by molar-refractivity contribution is -0.138. The van der Waals surface area contributed by atoms with Crippen molar-refractivity contribution in [3.8, 4) is 0 Å². The zero-order chi connectivity index (χ0) is 14.8. The smallest absolute Gasteiger partial charge is 0.271 e. The molecule has 4 nitrogen and oxygen atoms in total. The number of hydrogen-bond acceptors (Lipinski definition) is 4. The number of pyridine rings is 2. The van der Waals surface area contributed by atoms with Crippen LogP contribution in [-0.4, -0.2) is 9.97 Å². The van der Waals surface area contributed by atoms with Gasteiger partial charge in [0.15, 0.2) is 0 Å². The van der Waals surface area contributed by atoms with Crippen molar-refractivity contribution in [1.82, 2.24) is 15.4 Å². The van der Waals surface area contributed by atoms with Gasteiger partial charge in [0.2, 0.25) is 0 Å². The summed E-state index contributed by atoms with van der Waals surface area (Å²) in [5, 5.41) is 0. The second-order valence-electron chi connectivity index (χ2n) is 4.24. The average Bonchev–Trinajstić information content (AvgIpc) is 2.41. The molecule has 3 N–H and O–H groups in total. The molecule has 0 aliphatic heterocycles. The molecule has 0 saturated carbocycles. The molecule has 2 aromatic heterocycles. The van der Waals surface area contributed by atoms with Crippen molar-refractivity contribution in [3.05, 3.63) is 59.2 Å². The number of aryl methyl sites for hydroxylation is 1. The maximum absolute atomic E-state index is 13.0. The Labute approximate surface area is 113 Å². The van der Waals surface area contributed by atoms with Gasteiger partial charge in [-0.25, -0.2) is 5.43 Å². The van der Waals surface area contributed by atoms with E-state index < -0.39 is 17.8 Å². The van der Waals surface area contributed by atoms with Gasteiger partial charge in [-0.3, -0.25) is 15.8 Å². The Balaban J connectivity index is 2.57. The molecule has 0 aliphatic carbocycles. The molecule has 0 aliphatic rings. The van der Waals surface area contributed by atoms with Gasteiger partial charge in [-0.2, -0.15) is 13.2 Å². The first-order valence-corrected chi connectivity index (χ1v) is 5.84. The number of rotatable bonds is 3. The minimum Gasteiger partial charge on any atom is -0.271 e. The highest BCUT2D eigenvalue weighted by atomic mass is 19.4. The Kier molecular flexibility index (Phi) is 4.01. The molecule has 2 aromatic rings. The highest BCUT2D eigenvalue weighted by molar-refractivity contribution is 5.38. The number of halogens is 3. The summed E-state index contributed by atoms with van der Waals surface area (Å²) in [7, 11) is 0. The second kappa shape index (κ2) is 5.56. The Bertz CT molecular complexity index is 598. The van der Waals surface area contributed by atoms with E-state index in [0.29, 0.717) is 11.3 Å². The molecule has 0 amide bonds. The molecule has 2 rings (SSSR count). The molecular weight excluding hydrogens is 269 g/mol. The predicted molar refractivity (Wildman–Crippen MR) is 67.4 cm³/mol. The number of nitrogens with one attached hydrogen (secondary N) is 1. The van der Waals surface area contributed by atoms with E-state index in [1.54, 1.807) is 25.3 Å². The molecule has 1 atom stereocenters. The summed E-state index contributed by atoms with van der Waals surface area (Å²) in [5.74, 6) is 5.44. The van der Waals surface area contributed by atoms with Crippen LogP contribution in [0.15, 0.2) is 36.8 Å². The summed E-state index contributed by atoms with van der Waals surface area (Å²) in [6.45, 7) is 1.71. The fourth-order valence-electron chi connectivity index (χ4n) is 2.04. The maximum atomic E-state index is 13.0. The van der Waals surface area contributed by atoms with Gasteiger partial charge in [0.05, 0.1) is 11.6 Å². The van der Waals surface area contributed by atoms with E-state index >= 15 is 0 Å². The van der Waals surface area contributed by atoms with Crippen LogP contribution in [0.4, 0.5) is 13.2 Å². The molecule has 7 heteroatoms. The number of nitrogens with zero attached hydrogens (tertiary/aromatic N) is 2. The monoisotopic (exact) mass is 282 g/mol. The molecule has 0 fully saturated rings. The third kappa shape index (κ3) is 2.78. The molecule has 1 unspecified atom stereocenters. The van der Waals surface area contributed by atoms with Crippen LogP contribution in [0.3, 0.4) is 0 Å². The van der Waals surface area contributed by atoms with Crippen molar-refractivity contribution in [2.45, 2.75) is 19.1 Å². The standard InChI is InChI=1S/C13H13F3N4/c1-8-9(3-2-5-19-8)12(20-17)10-7-18-6-4-11(10)13(14,15)16/h2-7,12,20H,17H2,1H3. The molecule has 106 valence electrons. The Morgan fingerprint density at radius 1 is 1.20 bits per heavy atom. The van der Waals surface area contributed by atoms with Gasteiger partial charge in [-0.15, -0.1) is 0 Å². The molecule has 20 heavy (non-hydrogen) atoms. The maximum Gasteiger partial charge on any atom is 0.416 e. The van der Waals surface area contributed by atoms with Crippen LogP contribution >= 0.6 is 0 Å². The number of hydrazine groups is 1. The van der Waals surface area contributed by atoms with Crippen LogP contribution in [0, 0.1) is 6.92 Å². The van der Waals surface area contributed by atoms with Gasteiger partial charge in [0.25, 0.3) is 0 Å². The molecule has 2 heterocycles. The number of nitrogens with two attached hydrogens (primary N) is 1. The van der Waals surface area contributed by atoms with E-state index in [2.05, 4.69) is 15.4 Å². The first-order valence-electron chi connectivity index (χ1n) is 5.84. The van der Waals surface area contributed by atoms with Gasteiger partial charge in [0, 0.05) is 29.8 Å². The molecule has 0 saturated heterocycles. The van der Waals surface area contributed by atoms with E-state index in [-0.39, 0.29) is 5.56 Å². The highest BCUT2D eigenvalue weighted by Crippen LogP contribution is 2.36. The summed E-state index contributed by atoms with van der Waals surface area (Å²) in [6.07, 6.45) is -0.625. The van der Waals surface area contributed by atoms with E-state index in [0.717, 1.165) is 12.3 Å². The molecule has 0 spiro atoms. The first-order chi connectivity index (χ1) is 9.45. The van der Waals surface area contributed by atoms with Crippen LogP contribution in [-0.2, 0) is 6.18 Å². The Hall–Kier alpha value is -1.99. The summed E-state index contributed by atoms with van der Waals surface area (Å²) in [5.41, 5.74) is 2.80. The average molecular weight is 282 g/mol. The van der Waals surface area contributed by atoms with Gasteiger partial charge >= 0.3 is 6.18 Å². The summed E-state index contributed by atoms with van der Waals surface area (Å²) < 4.78 is 39.1. The third-order valence-electron chi connectivity index (χ3n) is 2.99. The van der Waals surface area contributed by atoms with Crippen molar-refractivity contribution in [3.63, 3.8) is 0 Å². The zero-order valence-corrected chi connectivity index (χ0v) is 10.6. The van der Waals surface area contributed by atoms with Crippen LogP contribution in [0.5, 0.6) is 0 Å². The molecular formula is C13H13F3N4. The normalized spacial score (nSPS) is 13.2. The highest BCUT2D eigenvalue weighted by Gasteiger charge is 2.35. The minimum absolute atomic E-state index is 0.0291. The van der Waals surface area contributed by atoms with E-state index in [4.69, 9.17) is 5.84 Å². The third-order valence-corrected chi connectivity index (χ3v) is 2.99. The Morgan fingerprint density at radius 3 is 2.55 bits per heavy atom. The fraction of sp³-hybridized carbons (Fsp3) is 0.231. The van der Waals surface area contributed by atoms with Crippen LogP contribution < -0.4 is 11.3 Å². The quantitative estimate of drug-likeness (QED) is 0.670. The van der Waals surface area contributed by atoms with E-state index in [1.807, 2.05) is 0 Å². The molecule has 0 radical (unpaired) electrons. The molecule has 0 aromatic carbocycles. The van der Waals surface area contributed by atoms with Crippen molar-refractivity contribution < 1.29 is 13.2 Å². The van der Waals surface area contributed by atoms with Crippen LogP contribution in [0.1, 0.15) is 28.4 Å². The van der Waals surface area contributed by atoms with Gasteiger partial charge < -0.3 is 0 Å². The summed E-state index contributed by atoms with van der Waals surface area (Å²) >= 11 is 0. The number of aromatic nitrogens is 2.